The molecule has 0 N–H and O–H groups in total. The van der Waals surface area contributed by atoms with Gasteiger partial charge in [-0.3, -0.25) is 0 Å². The van der Waals surface area contributed by atoms with E-state index in [0.29, 0.717) is 11.8 Å². The van der Waals surface area contributed by atoms with Crippen LogP contribution in [0, 0.1) is 5.92 Å². The summed E-state index contributed by atoms with van der Waals surface area (Å²) in [5.74, 6) is 2.22. The standard InChI is InChI=1S/C16H21ClO/c1-18-16-10-6-5-9-14(16)11-15(12-17)13-7-3-2-4-8-13/h5-6,9-11,13H,2-4,7-8,12H2,1H3. The molecule has 1 fully saturated rings. The van der Waals surface area contributed by atoms with Crippen LogP contribution < -0.4 is 4.74 Å². The van der Waals surface area contributed by atoms with E-state index in [9.17, 15) is 0 Å². The van der Waals surface area contributed by atoms with Crippen molar-refractivity contribution in [3.8, 4) is 5.75 Å². The summed E-state index contributed by atoms with van der Waals surface area (Å²) in [6, 6.07) is 8.13. The van der Waals surface area contributed by atoms with Gasteiger partial charge in [-0.1, -0.05) is 49.1 Å². The van der Waals surface area contributed by atoms with E-state index in [-0.39, 0.29) is 0 Å². The van der Waals surface area contributed by atoms with Crippen molar-refractivity contribution < 1.29 is 4.74 Å². The van der Waals surface area contributed by atoms with Gasteiger partial charge in [0.2, 0.25) is 0 Å². The normalized spacial score (nSPS) is 17.8. The Morgan fingerprint density at radius 1 is 1.28 bits per heavy atom. The maximum Gasteiger partial charge on any atom is 0.126 e. The molecule has 1 aromatic rings. The van der Waals surface area contributed by atoms with Crippen molar-refractivity contribution in [1.82, 2.24) is 0 Å². The summed E-state index contributed by atoms with van der Waals surface area (Å²) < 4.78 is 5.39. The molecule has 1 aliphatic carbocycles. The molecule has 1 aromatic carbocycles. The van der Waals surface area contributed by atoms with Gasteiger partial charge in [-0.2, -0.15) is 0 Å². The summed E-state index contributed by atoms with van der Waals surface area (Å²) in [7, 11) is 1.72. The van der Waals surface area contributed by atoms with Crippen LogP contribution in [0.15, 0.2) is 29.8 Å². The Hall–Kier alpha value is -0.950. The number of alkyl halides is 1. The summed E-state index contributed by atoms with van der Waals surface area (Å²) in [5, 5.41) is 0. The highest BCUT2D eigenvalue weighted by Crippen LogP contribution is 2.32. The molecule has 0 amide bonds. The average molecular weight is 265 g/mol. The van der Waals surface area contributed by atoms with Crippen LogP contribution in [0.5, 0.6) is 5.75 Å². The van der Waals surface area contributed by atoms with Gasteiger partial charge in [0.25, 0.3) is 0 Å². The Bertz CT molecular complexity index is 405. The van der Waals surface area contributed by atoms with E-state index < -0.39 is 0 Å². The molecule has 98 valence electrons. The number of hydrogen-bond acceptors (Lipinski definition) is 1. The molecule has 0 heterocycles. The summed E-state index contributed by atoms with van der Waals surface area (Å²) in [4.78, 5) is 0. The van der Waals surface area contributed by atoms with Gasteiger partial charge in [0.05, 0.1) is 7.11 Å². The lowest BCUT2D eigenvalue weighted by Gasteiger charge is -2.23. The smallest absolute Gasteiger partial charge is 0.126 e. The predicted octanol–water partition coefficient (Wildman–Crippen LogP) is 4.90. The van der Waals surface area contributed by atoms with E-state index in [1.165, 1.54) is 37.7 Å². The minimum absolute atomic E-state index is 0.628. The molecular formula is C16H21ClO. The van der Waals surface area contributed by atoms with E-state index in [2.05, 4.69) is 12.1 Å². The minimum atomic E-state index is 0.628. The van der Waals surface area contributed by atoms with Gasteiger partial charge >= 0.3 is 0 Å². The third-order valence-electron chi connectivity index (χ3n) is 3.76. The Morgan fingerprint density at radius 3 is 2.67 bits per heavy atom. The molecule has 1 nitrogen and oxygen atoms in total. The first-order valence-corrected chi connectivity index (χ1v) is 7.28. The first-order chi connectivity index (χ1) is 8.85. The second-order valence-electron chi connectivity index (χ2n) is 4.93. The van der Waals surface area contributed by atoms with Crippen molar-refractivity contribution in [1.29, 1.82) is 0 Å². The molecule has 1 saturated carbocycles. The molecule has 2 heteroatoms. The fourth-order valence-electron chi connectivity index (χ4n) is 2.72. The van der Waals surface area contributed by atoms with Crippen LogP contribution in [0.2, 0.25) is 0 Å². The summed E-state index contributed by atoms with van der Waals surface area (Å²) in [5.41, 5.74) is 2.50. The lowest BCUT2D eigenvalue weighted by molar-refractivity contribution is 0.404. The number of allylic oxidation sites excluding steroid dienone is 1. The average Bonchev–Trinajstić information content (AvgIpc) is 2.46. The monoisotopic (exact) mass is 264 g/mol. The van der Waals surface area contributed by atoms with Crippen LogP contribution >= 0.6 is 11.6 Å². The number of benzene rings is 1. The number of methoxy groups -OCH3 is 1. The Labute approximate surface area is 115 Å². The molecule has 0 bridgehead atoms. The van der Waals surface area contributed by atoms with Crippen LogP contribution in [0.3, 0.4) is 0 Å². The van der Waals surface area contributed by atoms with Crippen molar-refractivity contribution in [2.45, 2.75) is 32.1 Å². The van der Waals surface area contributed by atoms with Crippen LogP contribution in [-0.4, -0.2) is 13.0 Å². The molecule has 0 unspecified atom stereocenters. The summed E-state index contributed by atoms with van der Waals surface area (Å²) in [6.45, 7) is 0. The van der Waals surface area contributed by atoms with Crippen LogP contribution in [0.4, 0.5) is 0 Å². The third kappa shape index (κ3) is 3.29. The maximum absolute atomic E-state index is 6.14. The molecule has 0 aromatic heterocycles. The predicted molar refractivity (Wildman–Crippen MR) is 78.3 cm³/mol. The van der Waals surface area contributed by atoms with Crippen LogP contribution in [0.1, 0.15) is 37.7 Å². The number of para-hydroxylation sites is 1. The van der Waals surface area contributed by atoms with E-state index >= 15 is 0 Å². The molecule has 0 spiro atoms. The Balaban J connectivity index is 2.22. The third-order valence-corrected chi connectivity index (χ3v) is 4.07. The van der Waals surface area contributed by atoms with E-state index in [0.717, 1.165) is 11.3 Å². The van der Waals surface area contributed by atoms with Gasteiger partial charge in [0.1, 0.15) is 5.75 Å². The molecule has 0 saturated heterocycles. The van der Waals surface area contributed by atoms with Crippen molar-refractivity contribution in [3.63, 3.8) is 0 Å². The highest BCUT2D eigenvalue weighted by Gasteiger charge is 2.17. The molecular weight excluding hydrogens is 244 g/mol. The number of ether oxygens (including phenoxy) is 1. The topological polar surface area (TPSA) is 9.23 Å². The highest BCUT2D eigenvalue weighted by molar-refractivity contribution is 6.19. The van der Waals surface area contributed by atoms with Gasteiger partial charge in [0.15, 0.2) is 0 Å². The summed E-state index contributed by atoms with van der Waals surface area (Å²) >= 11 is 6.14. The number of halogens is 1. The molecule has 0 radical (unpaired) electrons. The zero-order chi connectivity index (χ0) is 12.8. The maximum atomic E-state index is 6.14. The molecule has 1 aliphatic rings. The second-order valence-corrected chi connectivity index (χ2v) is 5.20. The van der Waals surface area contributed by atoms with E-state index in [1.54, 1.807) is 7.11 Å². The number of hydrogen-bond donors (Lipinski definition) is 0. The van der Waals surface area contributed by atoms with E-state index in [1.807, 2.05) is 18.2 Å². The van der Waals surface area contributed by atoms with Gasteiger partial charge in [-0.05, 0) is 24.8 Å². The van der Waals surface area contributed by atoms with Gasteiger partial charge in [-0.15, -0.1) is 11.6 Å². The van der Waals surface area contributed by atoms with Crippen molar-refractivity contribution in [3.05, 3.63) is 35.4 Å². The Kier molecular flexibility index (Phi) is 5.12. The van der Waals surface area contributed by atoms with Crippen molar-refractivity contribution in [2.75, 3.05) is 13.0 Å². The largest absolute Gasteiger partial charge is 0.496 e. The minimum Gasteiger partial charge on any atom is -0.496 e. The molecule has 0 aliphatic heterocycles. The second kappa shape index (κ2) is 6.84. The fourth-order valence-corrected chi connectivity index (χ4v) is 3.02. The Morgan fingerprint density at radius 2 is 2.00 bits per heavy atom. The SMILES string of the molecule is COc1ccccc1C=C(CCl)C1CCCCC1. The first-order valence-electron chi connectivity index (χ1n) is 6.74. The zero-order valence-corrected chi connectivity index (χ0v) is 11.7. The highest BCUT2D eigenvalue weighted by atomic mass is 35.5. The zero-order valence-electron chi connectivity index (χ0n) is 11.0. The molecule has 18 heavy (non-hydrogen) atoms. The molecule has 2 rings (SSSR count). The lowest BCUT2D eigenvalue weighted by Crippen LogP contribution is -2.10. The molecule has 0 atom stereocenters. The van der Waals surface area contributed by atoms with Crippen molar-refractivity contribution >= 4 is 17.7 Å². The first kappa shape index (κ1) is 13.5. The fraction of sp³-hybridized carbons (Fsp3) is 0.500. The number of rotatable bonds is 4. The quantitative estimate of drug-likeness (QED) is 0.703. The van der Waals surface area contributed by atoms with E-state index in [4.69, 9.17) is 16.3 Å². The van der Waals surface area contributed by atoms with Crippen LogP contribution in [0.25, 0.3) is 6.08 Å². The summed E-state index contributed by atoms with van der Waals surface area (Å²) in [6.07, 6.45) is 8.85. The van der Waals surface area contributed by atoms with Crippen LogP contribution in [-0.2, 0) is 0 Å². The van der Waals surface area contributed by atoms with Crippen molar-refractivity contribution in [2.24, 2.45) is 5.92 Å². The van der Waals surface area contributed by atoms with Gasteiger partial charge < -0.3 is 4.74 Å². The van der Waals surface area contributed by atoms with Gasteiger partial charge in [0, 0.05) is 11.4 Å². The van der Waals surface area contributed by atoms with Gasteiger partial charge in [-0.25, -0.2) is 0 Å². The lowest BCUT2D eigenvalue weighted by atomic mass is 9.83.